The molecule has 0 bridgehead atoms. The molecule has 0 aliphatic heterocycles. The van der Waals surface area contributed by atoms with Gasteiger partial charge < -0.3 is 0 Å². The zero-order chi connectivity index (χ0) is 7.40. The topological polar surface area (TPSA) is 9.23 Å². The zero-order valence-corrected chi connectivity index (χ0v) is 9.55. The van der Waals surface area contributed by atoms with Crippen molar-refractivity contribution in [2.24, 2.45) is 0 Å². The van der Waals surface area contributed by atoms with E-state index in [9.17, 15) is 0 Å². The van der Waals surface area contributed by atoms with Crippen molar-refractivity contribution in [3.63, 3.8) is 0 Å². The summed E-state index contributed by atoms with van der Waals surface area (Å²) in [4.78, 5) is 0. The molecule has 1 rings (SSSR count). The summed E-state index contributed by atoms with van der Waals surface area (Å²) in [7, 11) is 1.72. The Morgan fingerprint density at radius 2 is 2.10 bits per heavy atom. The summed E-state index contributed by atoms with van der Waals surface area (Å²) in [5.41, 5.74) is 1.35. The third-order valence-corrected chi connectivity index (χ3v) is 2.76. The molecule has 48 valence electrons. The molecule has 0 aliphatic rings. The van der Waals surface area contributed by atoms with Gasteiger partial charge in [-0.3, -0.25) is 0 Å². The first-order valence-corrected chi connectivity index (χ1v) is 5.71. The second kappa shape index (κ2) is 4.52. The fraction of sp³-hybridized carbons (Fsp3) is 0.250. The molecule has 0 saturated carbocycles. The Labute approximate surface area is 95.4 Å². The average Bonchev–Trinajstić information content (AvgIpc) is 2.04. The molecule has 0 radical (unpaired) electrons. The number of benzene rings is 1. The predicted octanol–water partition coefficient (Wildman–Crippen LogP) is 1.36. The molecule has 10 heavy (non-hydrogen) atoms. The molecule has 0 fully saturated rings. The van der Waals surface area contributed by atoms with Gasteiger partial charge in [-0.25, -0.2) is 0 Å². The van der Waals surface area contributed by atoms with Gasteiger partial charge in [-0.1, -0.05) is 0 Å². The molecule has 0 heterocycles. The molecule has 0 atom stereocenters. The fourth-order valence-electron chi connectivity index (χ4n) is 0.995. The monoisotopic (exact) mass is 160 g/mol. The average molecular weight is 160 g/mol. The summed E-state index contributed by atoms with van der Waals surface area (Å²) in [5.74, 6) is 1.04. The van der Waals surface area contributed by atoms with E-state index in [4.69, 9.17) is 4.74 Å². The molecular formula is C8H9KO. The second-order valence-electron chi connectivity index (χ2n) is 2.17. The van der Waals surface area contributed by atoms with E-state index in [1.54, 1.807) is 7.11 Å². The van der Waals surface area contributed by atoms with Gasteiger partial charge in [0.05, 0.1) is 0 Å². The van der Waals surface area contributed by atoms with Gasteiger partial charge >= 0.3 is 96.9 Å². The van der Waals surface area contributed by atoms with Crippen molar-refractivity contribution in [1.82, 2.24) is 0 Å². The van der Waals surface area contributed by atoms with Crippen LogP contribution < -0.4 is 4.74 Å². The number of rotatable bonds is 2. The van der Waals surface area contributed by atoms with E-state index in [0.29, 0.717) is 0 Å². The first-order chi connectivity index (χ1) is 4.88. The van der Waals surface area contributed by atoms with E-state index in [1.807, 2.05) is 12.1 Å². The van der Waals surface area contributed by atoms with Crippen molar-refractivity contribution in [3.05, 3.63) is 29.8 Å². The van der Waals surface area contributed by atoms with Crippen LogP contribution in [0.2, 0.25) is 0 Å². The quantitative estimate of drug-likeness (QED) is 0.594. The van der Waals surface area contributed by atoms with Gasteiger partial charge in [-0.2, -0.15) is 0 Å². The normalized spacial score (nSPS) is 9.50. The van der Waals surface area contributed by atoms with Crippen LogP contribution in [0.1, 0.15) is 5.56 Å². The number of methoxy groups -OCH3 is 1. The number of hydrogen-bond acceptors (Lipinski definition) is 1. The third-order valence-electron chi connectivity index (χ3n) is 1.57. The molecule has 0 N–H and O–H groups in total. The number of para-hydroxylation sites is 1. The van der Waals surface area contributed by atoms with Gasteiger partial charge in [-0.15, -0.1) is 0 Å². The van der Waals surface area contributed by atoms with Crippen molar-refractivity contribution in [1.29, 1.82) is 0 Å². The zero-order valence-electron chi connectivity index (χ0n) is 6.42. The fourth-order valence-corrected chi connectivity index (χ4v) is 1.91. The summed E-state index contributed by atoms with van der Waals surface area (Å²) in [6.45, 7) is 0. The van der Waals surface area contributed by atoms with Crippen LogP contribution in [0.25, 0.3) is 0 Å². The van der Waals surface area contributed by atoms with Crippen molar-refractivity contribution in [2.75, 3.05) is 7.11 Å². The van der Waals surface area contributed by atoms with Gasteiger partial charge in [0.15, 0.2) is 0 Å². The van der Waals surface area contributed by atoms with Crippen molar-refractivity contribution < 1.29 is 4.74 Å². The second-order valence-corrected chi connectivity index (χ2v) is 3.27. The summed E-state index contributed by atoms with van der Waals surface area (Å²) in [6.07, 6.45) is 0. The Hall–Kier alpha value is 0.656. The Morgan fingerprint density at radius 1 is 1.40 bits per heavy atom. The van der Waals surface area contributed by atoms with Gasteiger partial charge in [0.1, 0.15) is 0 Å². The van der Waals surface area contributed by atoms with E-state index >= 15 is 0 Å². The summed E-state index contributed by atoms with van der Waals surface area (Å²) in [6, 6.07) is 8.21. The molecule has 2 heteroatoms. The minimum atomic E-state index is 0.877. The van der Waals surface area contributed by atoms with E-state index in [1.165, 1.54) is 6.08 Å². The number of ether oxygens (including phenoxy) is 1. The Balaban J connectivity index is 2.96. The van der Waals surface area contributed by atoms with Gasteiger partial charge in [-0.05, 0) is 0 Å². The first kappa shape index (κ1) is 8.75. The van der Waals surface area contributed by atoms with E-state index in [2.05, 4.69) is 12.1 Å². The molecule has 1 aromatic rings. The van der Waals surface area contributed by atoms with Crippen LogP contribution in [0.4, 0.5) is 0 Å². The predicted molar refractivity (Wildman–Crippen MR) is 42.5 cm³/mol. The van der Waals surface area contributed by atoms with Crippen LogP contribution in [0.3, 0.4) is 0 Å². The van der Waals surface area contributed by atoms with Crippen LogP contribution in [-0.2, 0) is 0.515 Å². The molecule has 1 aromatic carbocycles. The molecular weight excluding hydrogens is 151 g/mol. The third kappa shape index (κ3) is 2.07. The van der Waals surface area contributed by atoms with Crippen molar-refractivity contribution >= 4 is 49.0 Å². The first-order valence-electron chi connectivity index (χ1n) is 3.50. The molecule has 1 nitrogen and oxygen atoms in total. The molecule has 0 spiro atoms. The van der Waals surface area contributed by atoms with E-state index < -0.39 is 0 Å². The molecule has 0 aromatic heterocycles. The summed E-state index contributed by atoms with van der Waals surface area (Å²) in [5, 5.41) is 0. The van der Waals surface area contributed by atoms with E-state index in [-0.39, 0.29) is 0 Å². The van der Waals surface area contributed by atoms with Gasteiger partial charge in [0.25, 0.3) is 0 Å². The van der Waals surface area contributed by atoms with E-state index in [0.717, 1.165) is 54.7 Å². The van der Waals surface area contributed by atoms with Crippen LogP contribution in [-0.4, -0.2) is 56.1 Å². The Morgan fingerprint density at radius 3 is 2.60 bits per heavy atom. The summed E-state index contributed by atoms with van der Waals surface area (Å²) < 4.78 is 6.39. The van der Waals surface area contributed by atoms with Crippen molar-refractivity contribution in [2.45, 2.75) is 0.515 Å². The van der Waals surface area contributed by atoms with Gasteiger partial charge in [0, 0.05) is 0 Å². The van der Waals surface area contributed by atoms with Crippen LogP contribution in [0.5, 0.6) is 5.75 Å². The molecule has 0 amide bonds. The summed E-state index contributed by atoms with van der Waals surface area (Å²) >= 11 is 0.877. The minimum absolute atomic E-state index is 0.877. The molecule has 0 unspecified atom stereocenters. The molecule has 0 aliphatic carbocycles. The van der Waals surface area contributed by atoms with Crippen LogP contribution in [0, 0.1) is 0 Å². The molecule has 0 saturated heterocycles. The van der Waals surface area contributed by atoms with Crippen LogP contribution in [0.15, 0.2) is 24.3 Å². The van der Waals surface area contributed by atoms with Crippen LogP contribution >= 0.6 is 0 Å². The maximum absolute atomic E-state index is 5.17. The van der Waals surface area contributed by atoms with Crippen molar-refractivity contribution in [3.8, 4) is 5.75 Å². The number of hydrogen-bond donors (Lipinski definition) is 0. The Bertz CT molecular complexity index is 187. The Kier molecular flexibility index (Phi) is 3.95. The maximum atomic E-state index is 5.17. The standard InChI is InChI=1S/C8H9O.K/c1-7-5-3-4-6-8(7)9-2;/h3-6H,1H2,2H3;. The SMILES string of the molecule is COc1ccccc1[CH2][K]. The van der Waals surface area contributed by atoms with Gasteiger partial charge in [0.2, 0.25) is 0 Å².